The van der Waals surface area contributed by atoms with Crippen LogP contribution < -0.4 is 4.74 Å². The number of amides is 2. The van der Waals surface area contributed by atoms with Gasteiger partial charge in [-0.25, -0.2) is 0 Å². The van der Waals surface area contributed by atoms with Crippen LogP contribution in [0.5, 0.6) is 5.75 Å². The van der Waals surface area contributed by atoms with E-state index in [1.807, 2.05) is 30.3 Å². The second-order valence-corrected chi connectivity index (χ2v) is 6.47. The van der Waals surface area contributed by atoms with Gasteiger partial charge in [-0.2, -0.15) is 0 Å². The minimum atomic E-state index is -0.148. The number of hydrogen-bond donors (Lipinski definition) is 0. The smallest absolute Gasteiger partial charge is 0.289 e. The molecule has 0 spiro atoms. The summed E-state index contributed by atoms with van der Waals surface area (Å²) in [6, 6.07) is 12.8. The Balaban J connectivity index is 1.42. The summed E-state index contributed by atoms with van der Waals surface area (Å²) in [5, 5.41) is 0. The Bertz CT molecular complexity index is 724. The molecule has 2 amide bonds. The SMILES string of the molecule is O=C(CCOc1ccccc1)N1CCN(C(=O)c2ccc(Br)o2)CC1. The number of carbonyl (C=O) groups excluding carboxylic acids is 2. The first kappa shape index (κ1) is 17.5. The quantitative estimate of drug-likeness (QED) is 0.765. The fourth-order valence-electron chi connectivity index (χ4n) is 2.68. The molecule has 0 unspecified atom stereocenters. The predicted molar refractivity (Wildman–Crippen MR) is 95.4 cm³/mol. The van der Waals surface area contributed by atoms with Crippen LogP contribution in [0.3, 0.4) is 0 Å². The van der Waals surface area contributed by atoms with Crippen molar-refractivity contribution in [3.63, 3.8) is 0 Å². The molecule has 6 nitrogen and oxygen atoms in total. The summed E-state index contributed by atoms with van der Waals surface area (Å²) in [5.41, 5.74) is 0. The number of carbonyl (C=O) groups is 2. The second kappa shape index (κ2) is 8.20. The summed E-state index contributed by atoms with van der Waals surface area (Å²) in [5.74, 6) is 0.965. The number of piperazine rings is 1. The zero-order chi connectivity index (χ0) is 17.6. The van der Waals surface area contributed by atoms with Gasteiger partial charge in [0.15, 0.2) is 10.4 Å². The van der Waals surface area contributed by atoms with Gasteiger partial charge in [-0.3, -0.25) is 9.59 Å². The van der Waals surface area contributed by atoms with Crippen molar-refractivity contribution in [2.75, 3.05) is 32.8 Å². The predicted octanol–water partition coefficient (Wildman–Crippen LogP) is 2.80. The number of rotatable bonds is 5. The van der Waals surface area contributed by atoms with Gasteiger partial charge in [0.2, 0.25) is 5.91 Å². The van der Waals surface area contributed by atoms with E-state index in [9.17, 15) is 9.59 Å². The third-order valence-electron chi connectivity index (χ3n) is 4.03. The molecule has 1 aromatic heterocycles. The van der Waals surface area contributed by atoms with E-state index < -0.39 is 0 Å². The van der Waals surface area contributed by atoms with E-state index in [0.717, 1.165) is 5.75 Å². The van der Waals surface area contributed by atoms with E-state index >= 15 is 0 Å². The van der Waals surface area contributed by atoms with Crippen molar-refractivity contribution in [1.82, 2.24) is 9.80 Å². The number of hydrogen-bond acceptors (Lipinski definition) is 4. The number of para-hydroxylation sites is 1. The van der Waals surface area contributed by atoms with Gasteiger partial charge in [-0.05, 0) is 40.2 Å². The van der Waals surface area contributed by atoms with E-state index in [1.165, 1.54) is 0 Å². The van der Waals surface area contributed by atoms with Gasteiger partial charge in [0.05, 0.1) is 13.0 Å². The van der Waals surface area contributed by atoms with Crippen LogP contribution in [-0.4, -0.2) is 54.4 Å². The first-order valence-electron chi connectivity index (χ1n) is 8.14. The van der Waals surface area contributed by atoms with E-state index in [1.54, 1.807) is 21.9 Å². The molecule has 1 aromatic carbocycles. The summed E-state index contributed by atoms with van der Waals surface area (Å²) in [6.07, 6.45) is 0.327. The van der Waals surface area contributed by atoms with Gasteiger partial charge < -0.3 is 19.0 Å². The highest BCUT2D eigenvalue weighted by Crippen LogP contribution is 2.17. The highest BCUT2D eigenvalue weighted by atomic mass is 79.9. The third-order valence-corrected chi connectivity index (χ3v) is 4.46. The first-order chi connectivity index (χ1) is 12.1. The Morgan fingerprint density at radius 3 is 2.32 bits per heavy atom. The van der Waals surface area contributed by atoms with Crippen LogP contribution in [0, 0.1) is 0 Å². The first-order valence-corrected chi connectivity index (χ1v) is 8.93. The molecule has 25 heavy (non-hydrogen) atoms. The van der Waals surface area contributed by atoms with Crippen molar-refractivity contribution in [2.24, 2.45) is 0 Å². The average Bonchev–Trinajstić information content (AvgIpc) is 3.08. The topological polar surface area (TPSA) is 63.0 Å². The largest absolute Gasteiger partial charge is 0.493 e. The summed E-state index contributed by atoms with van der Waals surface area (Å²) in [6.45, 7) is 2.41. The maximum absolute atomic E-state index is 12.3. The molecule has 1 fully saturated rings. The van der Waals surface area contributed by atoms with Gasteiger partial charge >= 0.3 is 0 Å². The lowest BCUT2D eigenvalue weighted by atomic mass is 10.2. The van der Waals surface area contributed by atoms with Crippen LogP contribution in [0.4, 0.5) is 0 Å². The van der Waals surface area contributed by atoms with Crippen molar-refractivity contribution < 1.29 is 18.7 Å². The fraction of sp³-hybridized carbons (Fsp3) is 0.333. The molecular weight excluding hydrogens is 388 g/mol. The molecule has 0 saturated carbocycles. The summed E-state index contributed by atoms with van der Waals surface area (Å²) in [7, 11) is 0. The molecule has 1 aliphatic heterocycles. The molecule has 2 heterocycles. The lowest BCUT2D eigenvalue weighted by Crippen LogP contribution is -2.50. The van der Waals surface area contributed by atoms with Crippen LogP contribution in [0.1, 0.15) is 17.0 Å². The normalized spacial score (nSPS) is 14.4. The molecule has 0 atom stereocenters. The monoisotopic (exact) mass is 406 g/mol. The maximum atomic E-state index is 12.3. The van der Waals surface area contributed by atoms with Crippen LogP contribution in [0.15, 0.2) is 51.6 Å². The lowest BCUT2D eigenvalue weighted by molar-refractivity contribution is -0.133. The van der Waals surface area contributed by atoms with E-state index in [-0.39, 0.29) is 11.8 Å². The molecule has 0 N–H and O–H groups in total. The van der Waals surface area contributed by atoms with Crippen molar-refractivity contribution >= 4 is 27.7 Å². The average molecular weight is 407 g/mol. The summed E-state index contributed by atoms with van der Waals surface area (Å²) in [4.78, 5) is 28.0. The van der Waals surface area contributed by atoms with Gasteiger partial charge in [0, 0.05) is 26.2 Å². The van der Waals surface area contributed by atoms with E-state index in [4.69, 9.17) is 9.15 Å². The zero-order valence-corrected chi connectivity index (χ0v) is 15.3. The number of furan rings is 1. The molecular formula is C18H19BrN2O4. The van der Waals surface area contributed by atoms with Gasteiger partial charge in [-0.1, -0.05) is 18.2 Å². The molecule has 1 aliphatic rings. The summed E-state index contributed by atoms with van der Waals surface area (Å²) < 4.78 is 11.4. The van der Waals surface area contributed by atoms with Crippen LogP contribution in [-0.2, 0) is 4.79 Å². The molecule has 1 saturated heterocycles. The van der Waals surface area contributed by atoms with E-state index in [2.05, 4.69) is 15.9 Å². The minimum Gasteiger partial charge on any atom is -0.493 e. The highest BCUT2D eigenvalue weighted by molar-refractivity contribution is 9.10. The fourth-order valence-corrected chi connectivity index (χ4v) is 2.98. The molecule has 2 aromatic rings. The third kappa shape index (κ3) is 4.63. The van der Waals surface area contributed by atoms with Crippen LogP contribution >= 0.6 is 15.9 Å². The van der Waals surface area contributed by atoms with Crippen molar-refractivity contribution in [1.29, 1.82) is 0 Å². The van der Waals surface area contributed by atoms with Crippen molar-refractivity contribution in [3.8, 4) is 5.75 Å². The Kier molecular flexibility index (Phi) is 5.75. The standard InChI is InChI=1S/C18H19BrN2O4/c19-16-7-6-15(25-16)18(23)21-11-9-20(10-12-21)17(22)8-13-24-14-4-2-1-3-5-14/h1-7H,8-13H2. The van der Waals surface area contributed by atoms with Crippen LogP contribution in [0.25, 0.3) is 0 Å². The number of nitrogens with zero attached hydrogens (tertiary/aromatic N) is 2. The van der Waals surface area contributed by atoms with Crippen LogP contribution in [0.2, 0.25) is 0 Å². The maximum Gasteiger partial charge on any atom is 0.289 e. The molecule has 3 rings (SSSR count). The molecule has 0 bridgehead atoms. The summed E-state index contributed by atoms with van der Waals surface area (Å²) >= 11 is 3.19. The molecule has 7 heteroatoms. The lowest BCUT2D eigenvalue weighted by Gasteiger charge is -2.34. The Morgan fingerprint density at radius 1 is 1.00 bits per heavy atom. The molecule has 132 valence electrons. The van der Waals surface area contributed by atoms with Gasteiger partial charge in [-0.15, -0.1) is 0 Å². The second-order valence-electron chi connectivity index (χ2n) is 5.69. The van der Waals surface area contributed by atoms with Crippen molar-refractivity contribution in [3.05, 3.63) is 52.9 Å². The number of ether oxygens (including phenoxy) is 1. The molecule has 0 aliphatic carbocycles. The minimum absolute atomic E-state index is 0.0452. The Morgan fingerprint density at radius 2 is 1.68 bits per heavy atom. The van der Waals surface area contributed by atoms with E-state index in [0.29, 0.717) is 49.6 Å². The Hall–Kier alpha value is -2.28. The zero-order valence-electron chi connectivity index (χ0n) is 13.7. The van der Waals surface area contributed by atoms with Gasteiger partial charge in [0.1, 0.15) is 5.75 Å². The van der Waals surface area contributed by atoms with Gasteiger partial charge in [0.25, 0.3) is 5.91 Å². The number of benzene rings is 1. The van der Waals surface area contributed by atoms with Crippen molar-refractivity contribution in [2.45, 2.75) is 6.42 Å². The highest BCUT2D eigenvalue weighted by Gasteiger charge is 2.26. The molecule has 0 radical (unpaired) electrons. The number of halogens is 1. The Labute approximate surface area is 154 Å².